The van der Waals surface area contributed by atoms with Crippen molar-refractivity contribution in [1.29, 1.82) is 0 Å². The van der Waals surface area contributed by atoms with Gasteiger partial charge in [0.05, 0.1) is 6.10 Å². The number of halogens is 1. The van der Waals surface area contributed by atoms with Crippen molar-refractivity contribution in [3.05, 3.63) is 71.3 Å². The Hall–Kier alpha value is -1.35. The third-order valence-corrected chi connectivity index (χ3v) is 6.23. The lowest BCUT2D eigenvalue weighted by Gasteiger charge is -2.47. The largest absolute Gasteiger partial charge is 0.388 e. The molecule has 2 aromatic rings. The van der Waals surface area contributed by atoms with Gasteiger partial charge in [0.15, 0.2) is 0 Å². The number of piperidine rings is 1. The maximum atomic E-state index is 11.0. The van der Waals surface area contributed by atoms with E-state index in [9.17, 15) is 5.11 Å². The maximum absolute atomic E-state index is 11.0. The van der Waals surface area contributed by atoms with Crippen molar-refractivity contribution in [2.24, 2.45) is 5.41 Å². The number of likely N-dealkylation sites (tertiary alicyclic amines) is 1. The van der Waals surface area contributed by atoms with Gasteiger partial charge in [0.25, 0.3) is 0 Å². The minimum absolute atomic E-state index is 0. The van der Waals surface area contributed by atoms with Gasteiger partial charge in [0.1, 0.15) is 0 Å². The van der Waals surface area contributed by atoms with E-state index in [1.54, 1.807) is 0 Å². The van der Waals surface area contributed by atoms with Gasteiger partial charge in [-0.2, -0.15) is 0 Å². The van der Waals surface area contributed by atoms with Gasteiger partial charge in [-0.3, -0.25) is 0 Å². The van der Waals surface area contributed by atoms with Crippen LogP contribution in [0.15, 0.2) is 54.6 Å². The molecule has 1 atom stereocenters. The number of fused-ring (bicyclic) bond motifs is 1. The molecule has 0 aromatic heterocycles. The molecule has 134 valence electrons. The second-order valence-corrected chi connectivity index (χ2v) is 7.54. The zero-order valence-electron chi connectivity index (χ0n) is 14.7. The standard InChI is InChI=1S/C22H27NO.ClH/c24-21-20-9-5-4-8-19(20)10-12-22(21)13-16-23(17-14-22)15-11-18-6-2-1-3-7-18;/h1-9,21,24H,10-17H2;1H. The Labute approximate surface area is 157 Å². The molecule has 2 aromatic carbocycles. The van der Waals surface area contributed by atoms with Crippen LogP contribution in [0.4, 0.5) is 0 Å². The van der Waals surface area contributed by atoms with Crippen molar-refractivity contribution < 1.29 is 5.11 Å². The molecule has 0 amide bonds. The van der Waals surface area contributed by atoms with E-state index in [0.717, 1.165) is 51.7 Å². The minimum atomic E-state index is -0.279. The second-order valence-electron chi connectivity index (χ2n) is 7.54. The summed E-state index contributed by atoms with van der Waals surface area (Å²) in [4.78, 5) is 2.57. The highest BCUT2D eigenvalue weighted by Crippen LogP contribution is 2.50. The van der Waals surface area contributed by atoms with E-state index in [-0.39, 0.29) is 23.9 Å². The Morgan fingerprint density at radius 3 is 2.36 bits per heavy atom. The molecule has 2 nitrogen and oxygen atoms in total. The number of hydrogen-bond donors (Lipinski definition) is 1. The van der Waals surface area contributed by atoms with Gasteiger partial charge in [-0.25, -0.2) is 0 Å². The van der Waals surface area contributed by atoms with Crippen LogP contribution in [0, 0.1) is 5.41 Å². The van der Waals surface area contributed by atoms with E-state index in [0.29, 0.717) is 0 Å². The summed E-state index contributed by atoms with van der Waals surface area (Å²) in [6.45, 7) is 3.37. The van der Waals surface area contributed by atoms with E-state index in [2.05, 4.69) is 59.5 Å². The summed E-state index contributed by atoms with van der Waals surface area (Å²) < 4.78 is 0. The van der Waals surface area contributed by atoms with Crippen molar-refractivity contribution >= 4 is 12.4 Å². The van der Waals surface area contributed by atoms with Gasteiger partial charge in [0, 0.05) is 12.0 Å². The smallest absolute Gasteiger partial charge is 0.0849 e. The van der Waals surface area contributed by atoms with E-state index in [4.69, 9.17) is 0 Å². The summed E-state index contributed by atoms with van der Waals surface area (Å²) in [6, 6.07) is 19.2. The highest BCUT2D eigenvalue weighted by Gasteiger charge is 2.44. The van der Waals surface area contributed by atoms with Gasteiger partial charge < -0.3 is 10.0 Å². The van der Waals surface area contributed by atoms with E-state index in [1.165, 1.54) is 16.7 Å². The molecule has 0 bridgehead atoms. The summed E-state index contributed by atoms with van der Waals surface area (Å²) in [5.41, 5.74) is 4.06. The van der Waals surface area contributed by atoms with Crippen LogP contribution in [0.2, 0.25) is 0 Å². The lowest BCUT2D eigenvalue weighted by Crippen LogP contribution is -2.45. The second kappa shape index (κ2) is 7.90. The Bertz CT molecular complexity index is 679. The van der Waals surface area contributed by atoms with Crippen LogP contribution in [0.1, 0.15) is 42.1 Å². The highest BCUT2D eigenvalue weighted by molar-refractivity contribution is 5.85. The molecule has 25 heavy (non-hydrogen) atoms. The number of rotatable bonds is 3. The molecule has 1 aliphatic heterocycles. The summed E-state index contributed by atoms with van der Waals surface area (Å²) in [6.07, 6.45) is 5.35. The third-order valence-electron chi connectivity index (χ3n) is 6.23. The fraction of sp³-hybridized carbons (Fsp3) is 0.455. The molecule has 1 heterocycles. The molecule has 3 heteroatoms. The molecule has 1 spiro atoms. The zero-order chi connectivity index (χ0) is 16.4. The monoisotopic (exact) mass is 357 g/mol. The van der Waals surface area contributed by atoms with Gasteiger partial charge in [0.2, 0.25) is 0 Å². The number of aliphatic hydroxyl groups excluding tert-OH is 1. The number of nitrogens with zero attached hydrogens (tertiary/aromatic N) is 1. The molecule has 0 radical (unpaired) electrons. The lowest BCUT2D eigenvalue weighted by atomic mass is 9.64. The number of hydrogen-bond acceptors (Lipinski definition) is 2. The third kappa shape index (κ3) is 3.76. The van der Waals surface area contributed by atoms with E-state index < -0.39 is 0 Å². The van der Waals surface area contributed by atoms with Crippen LogP contribution >= 0.6 is 12.4 Å². The average molecular weight is 358 g/mol. The molecule has 1 N–H and O–H groups in total. The SMILES string of the molecule is Cl.OC1c2ccccc2CCC12CCN(CCc1ccccc1)CC2. The van der Waals surface area contributed by atoms with Crippen LogP contribution in [-0.2, 0) is 12.8 Å². The van der Waals surface area contributed by atoms with Crippen LogP contribution in [-0.4, -0.2) is 29.6 Å². The molecule has 1 aliphatic carbocycles. The van der Waals surface area contributed by atoms with Crippen LogP contribution in [0.5, 0.6) is 0 Å². The van der Waals surface area contributed by atoms with Crippen LogP contribution in [0.25, 0.3) is 0 Å². The molecule has 0 saturated carbocycles. The zero-order valence-corrected chi connectivity index (χ0v) is 15.5. The van der Waals surface area contributed by atoms with Crippen LogP contribution < -0.4 is 0 Å². The molecular weight excluding hydrogens is 330 g/mol. The molecule has 4 rings (SSSR count). The van der Waals surface area contributed by atoms with E-state index in [1.807, 2.05) is 0 Å². The quantitative estimate of drug-likeness (QED) is 0.879. The minimum Gasteiger partial charge on any atom is -0.388 e. The van der Waals surface area contributed by atoms with Gasteiger partial charge in [-0.05, 0) is 61.9 Å². The molecule has 1 fully saturated rings. The molecule has 2 aliphatic rings. The van der Waals surface area contributed by atoms with Crippen molar-refractivity contribution in [3.63, 3.8) is 0 Å². The predicted octanol–water partition coefficient (Wildman–Crippen LogP) is 4.41. The number of benzene rings is 2. The van der Waals surface area contributed by atoms with Gasteiger partial charge in [-0.1, -0.05) is 54.6 Å². The van der Waals surface area contributed by atoms with Gasteiger partial charge >= 0.3 is 0 Å². The fourth-order valence-corrected chi connectivity index (χ4v) is 4.56. The van der Waals surface area contributed by atoms with E-state index >= 15 is 0 Å². The van der Waals surface area contributed by atoms with Crippen molar-refractivity contribution in [2.45, 2.75) is 38.2 Å². The Kier molecular flexibility index (Phi) is 5.83. The normalized spacial score (nSPS) is 22.2. The van der Waals surface area contributed by atoms with Crippen molar-refractivity contribution in [3.8, 4) is 0 Å². The predicted molar refractivity (Wildman–Crippen MR) is 105 cm³/mol. The summed E-state index contributed by atoms with van der Waals surface area (Å²) in [5.74, 6) is 0. The Morgan fingerprint density at radius 2 is 1.60 bits per heavy atom. The van der Waals surface area contributed by atoms with Crippen LogP contribution in [0.3, 0.4) is 0 Å². The summed E-state index contributed by atoms with van der Waals surface area (Å²) in [7, 11) is 0. The Balaban J connectivity index is 0.00000182. The first-order chi connectivity index (χ1) is 11.8. The molecule has 1 unspecified atom stereocenters. The first-order valence-electron chi connectivity index (χ1n) is 9.29. The molecular formula is C22H28ClNO. The fourth-order valence-electron chi connectivity index (χ4n) is 4.56. The number of aliphatic hydroxyl groups is 1. The topological polar surface area (TPSA) is 23.5 Å². The summed E-state index contributed by atoms with van der Waals surface area (Å²) in [5, 5.41) is 11.0. The Morgan fingerprint density at radius 1 is 0.920 bits per heavy atom. The van der Waals surface area contributed by atoms with Gasteiger partial charge in [-0.15, -0.1) is 12.4 Å². The highest BCUT2D eigenvalue weighted by atomic mass is 35.5. The summed E-state index contributed by atoms with van der Waals surface area (Å²) >= 11 is 0. The molecule has 1 saturated heterocycles. The van der Waals surface area contributed by atoms with Crippen molar-refractivity contribution in [2.75, 3.05) is 19.6 Å². The average Bonchev–Trinajstić information content (AvgIpc) is 2.65. The number of aryl methyl sites for hydroxylation is 1. The first-order valence-corrected chi connectivity index (χ1v) is 9.29. The lowest BCUT2D eigenvalue weighted by molar-refractivity contribution is -0.0388. The maximum Gasteiger partial charge on any atom is 0.0849 e. The van der Waals surface area contributed by atoms with Crippen molar-refractivity contribution in [1.82, 2.24) is 4.90 Å². The first kappa shape index (κ1) is 18.4.